The highest BCUT2D eigenvalue weighted by Gasteiger charge is 2.32. The number of carbonyl (C=O) groups is 1. The van der Waals surface area contributed by atoms with Crippen LogP contribution in [0, 0.1) is 17.0 Å². The molecule has 0 spiro atoms. The molecule has 21 heavy (non-hydrogen) atoms. The van der Waals surface area contributed by atoms with Crippen LogP contribution in [0.4, 0.5) is 11.6 Å². The highest BCUT2D eigenvalue weighted by molar-refractivity contribution is 5.70. The van der Waals surface area contributed by atoms with Gasteiger partial charge in [0.15, 0.2) is 0 Å². The summed E-state index contributed by atoms with van der Waals surface area (Å²) in [6.07, 6.45) is -0.224. The zero-order valence-corrected chi connectivity index (χ0v) is 12.2. The van der Waals surface area contributed by atoms with Gasteiger partial charge in [0, 0.05) is 27.1 Å². The van der Waals surface area contributed by atoms with Gasteiger partial charge in [0.05, 0.1) is 26.2 Å². The van der Waals surface area contributed by atoms with E-state index in [1.807, 2.05) is 4.90 Å². The number of nitrogens with zero attached hydrogens (tertiary/aromatic N) is 4. The number of ether oxygens (including phenoxy) is 2. The van der Waals surface area contributed by atoms with E-state index < -0.39 is 4.92 Å². The van der Waals surface area contributed by atoms with Crippen LogP contribution in [0.3, 0.4) is 0 Å². The van der Waals surface area contributed by atoms with Gasteiger partial charge in [0.25, 0.3) is 0 Å². The third-order valence-corrected chi connectivity index (χ3v) is 3.50. The topological polar surface area (TPSA) is 99.7 Å². The molecule has 1 aromatic rings. The molecule has 1 aliphatic rings. The quantitative estimate of drug-likeness (QED) is 0.450. The average molecular weight is 298 g/mol. The number of anilines is 1. The standard InChI is InChI=1S/C12H18N4O5/c1-8-13-11(16(18)19)12(14(8)2)15-4-5-21-9(7-15)6-10(17)20-3/h9H,4-7H2,1-3H3. The van der Waals surface area contributed by atoms with Gasteiger partial charge in [-0.2, -0.15) is 0 Å². The molecule has 0 aliphatic carbocycles. The third kappa shape index (κ3) is 3.13. The zero-order valence-electron chi connectivity index (χ0n) is 12.2. The lowest BCUT2D eigenvalue weighted by molar-refractivity contribution is -0.388. The maximum atomic E-state index is 11.3. The summed E-state index contributed by atoms with van der Waals surface area (Å²) >= 11 is 0. The van der Waals surface area contributed by atoms with E-state index in [0.717, 1.165) is 0 Å². The molecule has 2 heterocycles. The second-order valence-corrected chi connectivity index (χ2v) is 4.84. The first-order valence-corrected chi connectivity index (χ1v) is 6.55. The summed E-state index contributed by atoms with van der Waals surface area (Å²) in [5, 5.41) is 11.1. The first-order valence-electron chi connectivity index (χ1n) is 6.55. The summed E-state index contributed by atoms with van der Waals surface area (Å²) in [6, 6.07) is 0. The van der Waals surface area contributed by atoms with E-state index in [1.54, 1.807) is 18.5 Å². The number of morpholine rings is 1. The summed E-state index contributed by atoms with van der Waals surface area (Å²) in [4.78, 5) is 27.8. The molecular weight excluding hydrogens is 280 g/mol. The second-order valence-electron chi connectivity index (χ2n) is 4.84. The van der Waals surface area contributed by atoms with Crippen LogP contribution in [-0.2, 0) is 21.3 Å². The molecule has 0 amide bonds. The predicted octanol–water partition coefficient (Wildman–Crippen LogP) is 0.405. The Balaban J connectivity index is 2.22. The van der Waals surface area contributed by atoms with Gasteiger partial charge in [-0.05, 0) is 9.91 Å². The van der Waals surface area contributed by atoms with Crippen LogP contribution in [0.2, 0.25) is 0 Å². The van der Waals surface area contributed by atoms with E-state index in [1.165, 1.54) is 7.11 Å². The Kier molecular flexibility index (Phi) is 4.41. The number of esters is 1. The molecule has 0 bridgehead atoms. The molecule has 0 N–H and O–H groups in total. The fraction of sp³-hybridized carbons (Fsp3) is 0.667. The van der Waals surface area contributed by atoms with Crippen LogP contribution in [0.1, 0.15) is 12.2 Å². The van der Waals surface area contributed by atoms with Crippen molar-refractivity contribution in [3.63, 3.8) is 0 Å². The molecule has 1 fully saturated rings. The van der Waals surface area contributed by atoms with Gasteiger partial charge in [-0.15, -0.1) is 0 Å². The molecule has 0 saturated carbocycles. The van der Waals surface area contributed by atoms with Crippen molar-refractivity contribution in [3.05, 3.63) is 15.9 Å². The first-order chi connectivity index (χ1) is 9.93. The Morgan fingerprint density at radius 3 is 2.95 bits per heavy atom. The van der Waals surface area contributed by atoms with Crippen molar-refractivity contribution >= 4 is 17.6 Å². The number of methoxy groups -OCH3 is 1. The number of nitro groups is 1. The highest BCUT2D eigenvalue weighted by atomic mass is 16.6. The fourth-order valence-electron chi connectivity index (χ4n) is 2.36. The number of aryl methyl sites for hydroxylation is 1. The summed E-state index contributed by atoms with van der Waals surface area (Å²) < 4.78 is 11.8. The molecule has 0 radical (unpaired) electrons. The van der Waals surface area contributed by atoms with Crippen LogP contribution in [0.5, 0.6) is 0 Å². The number of rotatable bonds is 4. The summed E-state index contributed by atoms with van der Waals surface area (Å²) in [6.45, 7) is 3.00. The molecule has 1 saturated heterocycles. The second kappa shape index (κ2) is 6.08. The predicted molar refractivity (Wildman–Crippen MR) is 73.2 cm³/mol. The normalized spacial score (nSPS) is 18.6. The van der Waals surface area contributed by atoms with Crippen molar-refractivity contribution in [2.75, 3.05) is 31.7 Å². The lowest BCUT2D eigenvalue weighted by atomic mass is 10.2. The fourth-order valence-corrected chi connectivity index (χ4v) is 2.36. The maximum absolute atomic E-state index is 11.3. The minimum absolute atomic E-state index is 0.123. The van der Waals surface area contributed by atoms with Gasteiger partial charge in [0.2, 0.25) is 11.6 Å². The van der Waals surface area contributed by atoms with Crippen LogP contribution in [0.15, 0.2) is 0 Å². The summed E-state index contributed by atoms with van der Waals surface area (Å²) in [5.74, 6) is 0.467. The molecule has 1 aliphatic heterocycles. The van der Waals surface area contributed by atoms with Crippen molar-refractivity contribution < 1.29 is 19.2 Å². The van der Waals surface area contributed by atoms with Crippen molar-refractivity contribution in [1.29, 1.82) is 0 Å². The zero-order chi connectivity index (χ0) is 15.6. The number of carbonyl (C=O) groups excluding carboxylic acids is 1. The Morgan fingerprint density at radius 1 is 1.62 bits per heavy atom. The highest BCUT2D eigenvalue weighted by Crippen LogP contribution is 2.29. The Bertz CT molecular complexity index is 556. The maximum Gasteiger partial charge on any atom is 0.406 e. The van der Waals surface area contributed by atoms with E-state index >= 15 is 0 Å². The Morgan fingerprint density at radius 2 is 2.33 bits per heavy atom. The largest absolute Gasteiger partial charge is 0.469 e. The first kappa shape index (κ1) is 15.2. The summed E-state index contributed by atoms with van der Waals surface area (Å²) in [5.41, 5.74) is 0. The Hall–Kier alpha value is -2.16. The number of hydrogen-bond donors (Lipinski definition) is 0. The van der Waals surface area contributed by atoms with Crippen molar-refractivity contribution in [3.8, 4) is 0 Å². The summed E-state index contributed by atoms with van der Waals surface area (Å²) in [7, 11) is 3.05. The monoisotopic (exact) mass is 298 g/mol. The molecule has 1 atom stereocenters. The van der Waals surface area contributed by atoms with Crippen LogP contribution >= 0.6 is 0 Å². The van der Waals surface area contributed by atoms with Gasteiger partial charge in [-0.1, -0.05) is 0 Å². The van der Waals surface area contributed by atoms with Gasteiger partial charge in [-0.3, -0.25) is 9.36 Å². The minimum atomic E-state index is -0.493. The van der Waals surface area contributed by atoms with Crippen LogP contribution < -0.4 is 4.90 Å². The SMILES string of the molecule is COC(=O)CC1CN(c2c([N+](=O)[O-])nc(C)n2C)CCO1. The molecular formula is C12H18N4O5. The van der Waals surface area contributed by atoms with E-state index in [2.05, 4.69) is 9.72 Å². The molecule has 0 aromatic carbocycles. The van der Waals surface area contributed by atoms with E-state index in [4.69, 9.17) is 4.74 Å². The van der Waals surface area contributed by atoms with Crippen molar-refractivity contribution in [2.45, 2.75) is 19.4 Å². The van der Waals surface area contributed by atoms with E-state index in [9.17, 15) is 14.9 Å². The molecule has 1 aromatic heterocycles. The smallest absolute Gasteiger partial charge is 0.406 e. The van der Waals surface area contributed by atoms with Crippen LogP contribution in [0.25, 0.3) is 0 Å². The minimum Gasteiger partial charge on any atom is -0.469 e. The molecule has 116 valence electrons. The lowest BCUT2D eigenvalue weighted by Gasteiger charge is -2.33. The van der Waals surface area contributed by atoms with E-state index in [-0.39, 0.29) is 24.3 Å². The average Bonchev–Trinajstić information content (AvgIpc) is 2.75. The number of hydrogen-bond acceptors (Lipinski definition) is 7. The molecule has 9 heteroatoms. The molecule has 2 rings (SSSR count). The molecule has 1 unspecified atom stereocenters. The number of imidazole rings is 1. The third-order valence-electron chi connectivity index (χ3n) is 3.50. The Labute approximate surface area is 121 Å². The van der Waals surface area contributed by atoms with Crippen molar-refractivity contribution in [1.82, 2.24) is 9.55 Å². The van der Waals surface area contributed by atoms with Gasteiger partial charge >= 0.3 is 11.8 Å². The van der Waals surface area contributed by atoms with Crippen LogP contribution in [-0.4, -0.2) is 53.4 Å². The van der Waals surface area contributed by atoms with Gasteiger partial charge < -0.3 is 24.5 Å². The molecule has 9 nitrogen and oxygen atoms in total. The number of aromatic nitrogens is 2. The lowest BCUT2D eigenvalue weighted by Crippen LogP contribution is -2.44. The van der Waals surface area contributed by atoms with Gasteiger partial charge in [0.1, 0.15) is 0 Å². The van der Waals surface area contributed by atoms with Gasteiger partial charge in [-0.25, -0.2) is 0 Å². The van der Waals surface area contributed by atoms with E-state index in [0.29, 0.717) is 31.3 Å². The van der Waals surface area contributed by atoms with Crippen molar-refractivity contribution in [2.24, 2.45) is 7.05 Å².